The Hall–Kier alpha value is -1.52. The molecule has 0 spiro atoms. The highest BCUT2D eigenvalue weighted by Gasteiger charge is 2.42. The lowest BCUT2D eigenvalue weighted by Gasteiger charge is -2.52. The molecule has 7 nitrogen and oxygen atoms in total. The molecule has 0 aliphatic carbocycles. The summed E-state index contributed by atoms with van der Waals surface area (Å²) in [5.74, 6) is 2.35. The van der Waals surface area contributed by atoms with Crippen molar-refractivity contribution >= 4 is 21.4 Å². The molecule has 9 heteroatoms. The van der Waals surface area contributed by atoms with Gasteiger partial charge in [0.1, 0.15) is 4.21 Å². The van der Waals surface area contributed by atoms with E-state index in [0.717, 1.165) is 45.7 Å². The lowest BCUT2D eigenvalue weighted by molar-refractivity contribution is -0.0187. The first-order valence-electron chi connectivity index (χ1n) is 12.2. The van der Waals surface area contributed by atoms with Gasteiger partial charge in [-0.2, -0.15) is 0 Å². The third-order valence-electron chi connectivity index (χ3n) is 8.33. The minimum Gasteiger partial charge on any atom is -0.312 e. The van der Waals surface area contributed by atoms with Gasteiger partial charge in [0, 0.05) is 63.0 Å². The van der Waals surface area contributed by atoms with Crippen LogP contribution >= 0.6 is 11.3 Å². The molecule has 6 atom stereocenters. The summed E-state index contributed by atoms with van der Waals surface area (Å²) in [4.78, 5) is 17.5. The van der Waals surface area contributed by atoms with Gasteiger partial charge in [0.15, 0.2) is 0 Å². The zero-order valence-corrected chi connectivity index (χ0v) is 20.4. The van der Waals surface area contributed by atoms with Crippen LogP contribution in [0.2, 0.25) is 0 Å². The van der Waals surface area contributed by atoms with Crippen molar-refractivity contribution in [3.63, 3.8) is 0 Å². The van der Waals surface area contributed by atoms with Gasteiger partial charge < -0.3 is 9.47 Å². The SMILES string of the molecule is O=c1cccc2n1C[C@@H]1C[C@@H]2CN(C[C@@H]2CN3CC[C@H]2C[C@@H]3CNS(=O)(=O)c2cccs2)C1. The minimum atomic E-state index is -3.40. The molecule has 0 radical (unpaired) electrons. The van der Waals surface area contributed by atoms with E-state index in [4.69, 9.17) is 0 Å². The second-order valence-corrected chi connectivity index (χ2v) is 13.3. The monoisotopic (exact) mass is 488 g/mol. The Morgan fingerprint density at radius 2 is 1.97 bits per heavy atom. The molecule has 4 saturated heterocycles. The number of pyridine rings is 1. The molecule has 5 aliphatic heterocycles. The second-order valence-electron chi connectivity index (χ2n) is 10.4. The van der Waals surface area contributed by atoms with E-state index in [1.165, 1.54) is 29.9 Å². The van der Waals surface area contributed by atoms with Crippen molar-refractivity contribution in [2.75, 3.05) is 39.3 Å². The topological polar surface area (TPSA) is 74.7 Å². The fourth-order valence-electron chi connectivity index (χ4n) is 6.84. The van der Waals surface area contributed by atoms with E-state index >= 15 is 0 Å². The fourth-order valence-corrected chi connectivity index (χ4v) is 8.95. The van der Waals surface area contributed by atoms with Crippen LogP contribution in [0.5, 0.6) is 0 Å². The number of thiophene rings is 1. The maximum atomic E-state index is 12.5. The molecule has 2 aromatic rings. The lowest BCUT2D eigenvalue weighted by atomic mass is 9.74. The van der Waals surface area contributed by atoms with E-state index in [2.05, 4.69) is 20.6 Å². The van der Waals surface area contributed by atoms with Crippen molar-refractivity contribution in [1.82, 2.24) is 19.1 Å². The van der Waals surface area contributed by atoms with Crippen LogP contribution in [-0.4, -0.2) is 68.1 Å². The van der Waals surface area contributed by atoms with Crippen LogP contribution in [0.1, 0.15) is 30.9 Å². The van der Waals surface area contributed by atoms with Crippen molar-refractivity contribution in [2.45, 2.75) is 42.0 Å². The van der Waals surface area contributed by atoms with Crippen molar-refractivity contribution in [3.05, 3.63) is 51.8 Å². The van der Waals surface area contributed by atoms with Gasteiger partial charge in [-0.1, -0.05) is 12.1 Å². The number of aromatic nitrogens is 1. The molecule has 7 rings (SSSR count). The summed E-state index contributed by atoms with van der Waals surface area (Å²) in [6.45, 7) is 6.76. The summed E-state index contributed by atoms with van der Waals surface area (Å²) in [6, 6.07) is 9.48. The molecule has 0 amide bonds. The number of nitrogens with one attached hydrogen (secondary N) is 1. The molecule has 1 unspecified atom stereocenters. The number of hydrogen-bond acceptors (Lipinski definition) is 6. The van der Waals surface area contributed by atoms with Crippen molar-refractivity contribution in [1.29, 1.82) is 0 Å². The van der Waals surface area contributed by atoms with Gasteiger partial charge in [0.25, 0.3) is 5.56 Å². The van der Waals surface area contributed by atoms with E-state index in [0.29, 0.717) is 40.5 Å². The van der Waals surface area contributed by atoms with Crippen molar-refractivity contribution in [3.8, 4) is 0 Å². The highest BCUT2D eigenvalue weighted by atomic mass is 32.2. The van der Waals surface area contributed by atoms with Crippen LogP contribution < -0.4 is 10.3 Å². The Morgan fingerprint density at radius 3 is 2.76 bits per heavy atom. The summed E-state index contributed by atoms with van der Waals surface area (Å²) >= 11 is 1.27. The van der Waals surface area contributed by atoms with Crippen LogP contribution in [-0.2, 0) is 16.6 Å². The third-order valence-corrected chi connectivity index (χ3v) is 11.2. The fraction of sp³-hybridized carbons (Fsp3) is 0.625. The van der Waals surface area contributed by atoms with Gasteiger partial charge in [-0.25, -0.2) is 13.1 Å². The summed E-state index contributed by atoms with van der Waals surface area (Å²) < 4.78 is 30.3. The molecule has 1 N–H and O–H groups in total. The second kappa shape index (κ2) is 8.61. The van der Waals surface area contributed by atoms with Gasteiger partial charge in [-0.3, -0.25) is 9.69 Å². The van der Waals surface area contributed by atoms with Gasteiger partial charge in [0.2, 0.25) is 10.0 Å². The molecule has 0 aromatic carbocycles. The highest BCUT2D eigenvalue weighted by Crippen LogP contribution is 2.39. The lowest BCUT2D eigenvalue weighted by Crippen LogP contribution is -2.59. The van der Waals surface area contributed by atoms with E-state index in [9.17, 15) is 13.2 Å². The predicted molar refractivity (Wildman–Crippen MR) is 129 cm³/mol. The molecule has 4 bridgehead atoms. The zero-order valence-electron chi connectivity index (χ0n) is 18.8. The summed E-state index contributed by atoms with van der Waals surface area (Å²) in [7, 11) is -3.40. The molecular formula is C24H32N4O3S2. The third kappa shape index (κ3) is 4.23. The maximum absolute atomic E-state index is 12.5. The first-order valence-corrected chi connectivity index (χ1v) is 14.5. The molecular weight excluding hydrogens is 456 g/mol. The largest absolute Gasteiger partial charge is 0.312 e. The number of likely N-dealkylation sites (tertiary alicyclic amines) is 1. The zero-order chi connectivity index (χ0) is 22.6. The standard InChI is InChI=1S/C24H32N4O3S2/c29-23-4-1-3-22-19-9-17(13-28(22)23)12-26(14-19)15-20-16-27-7-6-18(20)10-21(27)11-25-33(30,31)24-5-2-8-32-24/h1-5,8,17-21,25H,6-7,9-16H2/t17-,18+,19-,20-,21-/m1/s1. The maximum Gasteiger partial charge on any atom is 0.250 e. The van der Waals surface area contributed by atoms with Crippen molar-refractivity contribution in [2.24, 2.45) is 17.8 Å². The van der Waals surface area contributed by atoms with Gasteiger partial charge in [-0.15, -0.1) is 11.3 Å². The molecule has 5 aliphatic rings. The van der Waals surface area contributed by atoms with Crippen LogP contribution in [0.15, 0.2) is 44.7 Å². The average Bonchev–Trinajstić information content (AvgIpc) is 3.35. The first-order chi connectivity index (χ1) is 16.0. The van der Waals surface area contributed by atoms with Crippen LogP contribution in [0.25, 0.3) is 0 Å². The predicted octanol–water partition coefficient (Wildman–Crippen LogP) is 2.02. The molecule has 4 fully saturated rings. The van der Waals surface area contributed by atoms with Gasteiger partial charge in [-0.05, 0) is 61.1 Å². The molecule has 178 valence electrons. The highest BCUT2D eigenvalue weighted by molar-refractivity contribution is 7.91. The van der Waals surface area contributed by atoms with Gasteiger partial charge in [0.05, 0.1) is 0 Å². The van der Waals surface area contributed by atoms with E-state index in [1.54, 1.807) is 23.6 Å². The number of sulfonamides is 1. The van der Waals surface area contributed by atoms with E-state index in [1.807, 2.05) is 10.6 Å². The number of piperidine rings is 4. The Labute approximate surface area is 199 Å². The smallest absolute Gasteiger partial charge is 0.250 e. The molecule has 33 heavy (non-hydrogen) atoms. The summed E-state index contributed by atoms with van der Waals surface area (Å²) in [6.07, 6.45) is 3.50. The van der Waals surface area contributed by atoms with E-state index < -0.39 is 10.0 Å². The minimum absolute atomic E-state index is 0.147. The number of nitrogens with zero attached hydrogens (tertiary/aromatic N) is 3. The Bertz CT molecular complexity index is 1160. The number of rotatable bonds is 6. The molecule has 0 saturated carbocycles. The Morgan fingerprint density at radius 1 is 1.06 bits per heavy atom. The average molecular weight is 489 g/mol. The van der Waals surface area contributed by atoms with Crippen LogP contribution in [0.4, 0.5) is 0 Å². The quantitative estimate of drug-likeness (QED) is 0.674. The number of fused-ring (bicyclic) bond motifs is 7. The van der Waals surface area contributed by atoms with Crippen LogP contribution in [0.3, 0.4) is 0 Å². The Balaban J connectivity index is 1.07. The molecule has 7 heterocycles. The summed E-state index contributed by atoms with van der Waals surface area (Å²) in [5, 5.41) is 1.80. The summed E-state index contributed by atoms with van der Waals surface area (Å²) in [5.41, 5.74) is 1.37. The molecule has 2 aromatic heterocycles. The van der Waals surface area contributed by atoms with Crippen LogP contribution in [0, 0.1) is 17.8 Å². The van der Waals surface area contributed by atoms with Gasteiger partial charge >= 0.3 is 0 Å². The number of hydrogen-bond donors (Lipinski definition) is 1. The first kappa shape index (κ1) is 22.0. The normalized spacial score (nSPS) is 33.7. The van der Waals surface area contributed by atoms with E-state index in [-0.39, 0.29) is 5.56 Å². The van der Waals surface area contributed by atoms with Crippen molar-refractivity contribution < 1.29 is 8.42 Å². The Kier molecular flexibility index (Phi) is 5.73.